The van der Waals surface area contributed by atoms with E-state index in [0.717, 1.165) is 25.9 Å². The van der Waals surface area contributed by atoms with Crippen molar-refractivity contribution in [1.29, 1.82) is 0 Å². The van der Waals surface area contributed by atoms with E-state index in [1.54, 1.807) is 4.31 Å². The van der Waals surface area contributed by atoms with E-state index in [9.17, 15) is 17.2 Å². The Kier molecular flexibility index (Phi) is 5.28. The molecular weight excluding hydrogens is 322 g/mol. The second-order valence-corrected chi connectivity index (χ2v) is 9.54. The first-order chi connectivity index (χ1) is 10.9. The van der Waals surface area contributed by atoms with Gasteiger partial charge in [-0.3, -0.25) is 0 Å². The fourth-order valence-corrected chi connectivity index (χ4v) is 6.24. The molecule has 0 N–H and O–H groups in total. The molecular formula is C16H28F2N2O2S. The second kappa shape index (κ2) is 6.92. The van der Waals surface area contributed by atoms with Crippen LogP contribution in [0, 0.1) is 0 Å². The highest BCUT2D eigenvalue weighted by Crippen LogP contribution is 2.37. The lowest BCUT2D eigenvalue weighted by atomic mass is 9.96. The number of likely N-dealkylation sites (tertiary alicyclic amines) is 1. The van der Waals surface area contributed by atoms with Crippen LogP contribution in [0.2, 0.25) is 0 Å². The Balaban J connectivity index is 1.54. The fraction of sp³-hybridized carbons (Fsp3) is 1.00. The molecule has 4 nitrogen and oxygen atoms in total. The third kappa shape index (κ3) is 4.04. The molecule has 1 aliphatic carbocycles. The Bertz CT molecular complexity index is 488. The summed E-state index contributed by atoms with van der Waals surface area (Å²) < 4.78 is 53.5. The molecule has 0 aromatic rings. The SMILES string of the molecule is O=S(=O)(C1CCC(F)(F)CC1)N1CCC(N2CCCCC2)CC1. The number of hydrogen-bond acceptors (Lipinski definition) is 3. The van der Waals surface area contributed by atoms with Gasteiger partial charge in [0.25, 0.3) is 0 Å². The molecule has 0 atom stereocenters. The van der Waals surface area contributed by atoms with Gasteiger partial charge in [-0.25, -0.2) is 21.5 Å². The number of halogens is 2. The minimum absolute atomic E-state index is 0.0986. The van der Waals surface area contributed by atoms with Crippen molar-refractivity contribution in [1.82, 2.24) is 9.21 Å². The van der Waals surface area contributed by atoms with E-state index >= 15 is 0 Å². The summed E-state index contributed by atoms with van der Waals surface area (Å²) in [6, 6.07) is 0.498. The lowest BCUT2D eigenvalue weighted by molar-refractivity contribution is -0.0331. The highest BCUT2D eigenvalue weighted by Gasteiger charge is 2.42. The normalized spacial score (nSPS) is 29.7. The van der Waals surface area contributed by atoms with Crippen molar-refractivity contribution in [3.8, 4) is 0 Å². The van der Waals surface area contributed by atoms with Crippen LogP contribution in [0.3, 0.4) is 0 Å². The maximum Gasteiger partial charge on any atom is 0.248 e. The first kappa shape index (κ1) is 17.5. The average molecular weight is 350 g/mol. The molecule has 2 saturated heterocycles. The molecule has 0 aromatic carbocycles. The zero-order valence-corrected chi connectivity index (χ0v) is 14.5. The zero-order valence-electron chi connectivity index (χ0n) is 13.7. The topological polar surface area (TPSA) is 40.6 Å². The molecule has 0 bridgehead atoms. The van der Waals surface area contributed by atoms with Crippen LogP contribution in [0.15, 0.2) is 0 Å². The molecule has 7 heteroatoms. The molecule has 23 heavy (non-hydrogen) atoms. The maximum absolute atomic E-state index is 13.3. The van der Waals surface area contributed by atoms with Crippen LogP contribution >= 0.6 is 0 Å². The molecule has 0 unspecified atom stereocenters. The predicted molar refractivity (Wildman–Crippen MR) is 86.1 cm³/mol. The average Bonchev–Trinajstić information content (AvgIpc) is 2.55. The van der Waals surface area contributed by atoms with Crippen molar-refractivity contribution in [2.75, 3.05) is 26.2 Å². The largest absolute Gasteiger partial charge is 0.300 e. The van der Waals surface area contributed by atoms with E-state index in [4.69, 9.17) is 0 Å². The number of alkyl halides is 2. The molecule has 0 spiro atoms. The highest BCUT2D eigenvalue weighted by molar-refractivity contribution is 7.89. The van der Waals surface area contributed by atoms with Crippen molar-refractivity contribution < 1.29 is 17.2 Å². The Morgan fingerprint density at radius 1 is 0.826 bits per heavy atom. The van der Waals surface area contributed by atoms with Crippen LogP contribution < -0.4 is 0 Å². The van der Waals surface area contributed by atoms with Gasteiger partial charge in [0.2, 0.25) is 15.9 Å². The van der Waals surface area contributed by atoms with Crippen LogP contribution in [0.4, 0.5) is 8.78 Å². The van der Waals surface area contributed by atoms with Crippen molar-refractivity contribution >= 4 is 10.0 Å². The van der Waals surface area contributed by atoms with Crippen LogP contribution in [0.25, 0.3) is 0 Å². The summed E-state index contributed by atoms with van der Waals surface area (Å²) in [6.07, 6.45) is 5.16. The minimum Gasteiger partial charge on any atom is -0.300 e. The summed E-state index contributed by atoms with van der Waals surface area (Å²) in [4.78, 5) is 2.51. The molecule has 0 aromatic heterocycles. The quantitative estimate of drug-likeness (QED) is 0.786. The van der Waals surface area contributed by atoms with Gasteiger partial charge in [-0.1, -0.05) is 6.42 Å². The lowest BCUT2D eigenvalue weighted by Crippen LogP contribution is -2.50. The van der Waals surface area contributed by atoms with E-state index < -0.39 is 21.2 Å². The predicted octanol–water partition coefficient (Wildman–Crippen LogP) is 2.84. The number of hydrogen-bond donors (Lipinski definition) is 0. The van der Waals surface area contributed by atoms with Crippen LogP contribution in [-0.2, 0) is 10.0 Å². The van der Waals surface area contributed by atoms with Crippen LogP contribution in [0.5, 0.6) is 0 Å². The van der Waals surface area contributed by atoms with Crippen LogP contribution in [-0.4, -0.2) is 61.0 Å². The first-order valence-electron chi connectivity index (χ1n) is 8.99. The second-order valence-electron chi connectivity index (χ2n) is 7.33. The maximum atomic E-state index is 13.3. The number of sulfonamides is 1. The summed E-state index contributed by atoms with van der Waals surface area (Å²) >= 11 is 0. The molecule has 2 aliphatic heterocycles. The van der Waals surface area contributed by atoms with E-state index in [2.05, 4.69) is 4.90 Å². The van der Waals surface area contributed by atoms with E-state index in [-0.39, 0.29) is 25.7 Å². The minimum atomic E-state index is -3.41. The van der Waals surface area contributed by atoms with Gasteiger partial charge in [0, 0.05) is 32.0 Å². The van der Waals surface area contributed by atoms with Gasteiger partial charge in [-0.2, -0.15) is 0 Å². The summed E-state index contributed by atoms with van der Waals surface area (Å²) in [5, 5.41) is -0.603. The molecule has 0 radical (unpaired) electrons. The molecule has 3 aliphatic rings. The zero-order chi connectivity index (χ0) is 16.5. The number of piperidine rings is 2. The Hall–Kier alpha value is -0.270. The Labute approximate surface area is 138 Å². The fourth-order valence-electron chi connectivity index (χ4n) is 4.27. The van der Waals surface area contributed by atoms with Crippen molar-refractivity contribution in [2.24, 2.45) is 0 Å². The summed E-state index contributed by atoms with van der Waals surface area (Å²) in [7, 11) is -3.41. The third-order valence-corrected chi connectivity index (χ3v) is 8.17. The van der Waals surface area contributed by atoms with Gasteiger partial charge in [-0.05, 0) is 51.6 Å². The number of nitrogens with zero attached hydrogens (tertiary/aromatic N) is 2. The van der Waals surface area contributed by atoms with Gasteiger partial charge in [0.1, 0.15) is 0 Å². The van der Waals surface area contributed by atoms with Crippen LogP contribution in [0.1, 0.15) is 57.8 Å². The molecule has 1 saturated carbocycles. The third-order valence-electron chi connectivity index (χ3n) is 5.78. The molecule has 3 rings (SSSR count). The molecule has 134 valence electrons. The standard InChI is InChI=1S/C16H28F2N2O2S/c17-16(18)8-4-15(5-9-16)23(21,22)20-12-6-14(7-13-20)19-10-2-1-3-11-19/h14-15H,1-13H2. The molecule has 3 fully saturated rings. The Morgan fingerprint density at radius 3 is 1.96 bits per heavy atom. The molecule has 2 heterocycles. The Morgan fingerprint density at radius 2 is 1.39 bits per heavy atom. The van der Waals surface area contributed by atoms with Crippen molar-refractivity contribution in [2.45, 2.75) is 75.0 Å². The monoisotopic (exact) mass is 350 g/mol. The lowest BCUT2D eigenvalue weighted by Gasteiger charge is -2.41. The smallest absolute Gasteiger partial charge is 0.248 e. The van der Waals surface area contributed by atoms with E-state index in [0.29, 0.717) is 19.1 Å². The van der Waals surface area contributed by atoms with Crippen molar-refractivity contribution in [3.05, 3.63) is 0 Å². The summed E-state index contributed by atoms with van der Waals surface area (Å²) in [5.41, 5.74) is 0. The van der Waals surface area contributed by atoms with Gasteiger partial charge in [0.15, 0.2) is 0 Å². The first-order valence-corrected chi connectivity index (χ1v) is 10.5. The number of rotatable bonds is 3. The summed E-state index contributed by atoms with van der Waals surface area (Å²) in [5.74, 6) is -2.67. The highest BCUT2D eigenvalue weighted by atomic mass is 32.2. The van der Waals surface area contributed by atoms with Gasteiger partial charge >= 0.3 is 0 Å². The van der Waals surface area contributed by atoms with E-state index in [1.807, 2.05) is 0 Å². The van der Waals surface area contributed by atoms with Crippen molar-refractivity contribution in [3.63, 3.8) is 0 Å². The summed E-state index contributed by atoms with van der Waals surface area (Å²) in [6.45, 7) is 3.37. The van der Waals surface area contributed by atoms with E-state index in [1.165, 1.54) is 19.3 Å². The van der Waals surface area contributed by atoms with Gasteiger partial charge < -0.3 is 4.90 Å². The van der Waals surface area contributed by atoms with Gasteiger partial charge in [0.05, 0.1) is 5.25 Å². The van der Waals surface area contributed by atoms with Gasteiger partial charge in [-0.15, -0.1) is 0 Å². The molecule has 0 amide bonds.